The molecule has 0 bridgehead atoms. The summed E-state index contributed by atoms with van der Waals surface area (Å²) in [6.45, 7) is 6.84. The molecule has 5 heteroatoms. The van der Waals surface area contributed by atoms with E-state index in [0.29, 0.717) is 6.04 Å². The molecule has 1 atom stereocenters. The zero-order valence-electron chi connectivity index (χ0n) is 14.4. The number of ether oxygens (including phenoxy) is 1. The number of hydrogen-bond donors (Lipinski definition) is 2. The van der Waals surface area contributed by atoms with E-state index in [0.717, 1.165) is 49.5 Å². The lowest BCUT2D eigenvalue weighted by molar-refractivity contribution is 0.0513. The van der Waals surface area contributed by atoms with Gasteiger partial charge in [0.25, 0.3) is 0 Å². The second-order valence-corrected chi connectivity index (χ2v) is 7.19. The van der Waals surface area contributed by atoms with Crippen LogP contribution in [0.2, 0.25) is 0 Å². The first-order valence-electron chi connectivity index (χ1n) is 8.40. The summed E-state index contributed by atoms with van der Waals surface area (Å²) in [7, 11) is 1.83. The Morgan fingerprint density at radius 1 is 1.30 bits per heavy atom. The van der Waals surface area contributed by atoms with Crippen molar-refractivity contribution < 1.29 is 4.74 Å². The third-order valence-electron chi connectivity index (χ3n) is 4.72. The molecule has 4 nitrogen and oxygen atoms in total. The normalized spacial score (nSPS) is 19.2. The summed E-state index contributed by atoms with van der Waals surface area (Å²) in [5.41, 5.74) is 1.47. The van der Waals surface area contributed by atoms with E-state index in [2.05, 4.69) is 69.7 Å². The third-order valence-corrected chi connectivity index (χ3v) is 5.25. The van der Waals surface area contributed by atoms with Gasteiger partial charge >= 0.3 is 0 Å². The predicted molar refractivity (Wildman–Crippen MR) is 100 cm³/mol. The predicted octanol–water partition coefficient (Wildman–Crippen LogP) is 3.46. The highest BCUT2D eigenvalue weighted by Gasteiger charge is 2.34. The summed E-state index contributed by atoms with van der Waals surface area (Å²) < 4.78 is 6.72. The van der Waals surface area contributed by atoms with Gasteiger partial charge in [-0.1, -0.05) is 35.0 Å². The van der Waals surface area contributed by atoms with Crippen LogP contribution in [0.3, 0.4) is 0 Å². The molecule has 0 amide bonds. The van der Waals surface area contributed by atoms with Gasteiger partial charge in [0.1, 0.15) is 0 Å². The minimum absolute atomic E-state index is 0.103. The maximum Gasteiger partial charge on any atom is 0.191 e. The van der Waals surface area contributed by atoms with Crippen LogP contribution in [0.4, 0.5) is 0 Å². The smallest absolute Gasteiger partial charge is 0.191 e. The fourth-order valence-corrected chi connectivity index (χ4v) is 3.18. The van der Waals surface area contributed by atoms with Crippen molar-refractivity contribution in [3.05, 3.63) is 34.3 Å². The van der Waals surface area contributed by atoms with Crippen molar-refractivity contribution in [1.29, 1.82) is 0 Å². The Bertz CT molecular complexity index is 510. The summed E-state index contributed by atoms with van der Waals surface area (Å²) in [5.74, 6) is 0.877. The number of hydrogen-bond acceptors (Lipinski definition) is 2. The Morgan fingerprint density at radius 2 is 1.96 bits per heavy atom. The molecule has 0 aromatic heterocycles. The number of halogens is 1. The number of nitrogens with one attached hydrogen (secondary N) is 2. The maximum absolute atomic E-state index is 5.60. The Balaban J connectivity index is 2.11. The van der Waals surface area contributed by atoms with Crippen molar-refractivity contribution in [1.82, 2.24) is 10.6 Å². The lowest BCUT2D eigenvalue weighted by Crippen LogP contribution is -2.49. The second kappa shape index (κ2) is 8.69. The van der Waals surface area contributed by atoms with Gasteiger partial charge in [-0.25, -0.2) is 0 Å². The van der Waals surface area contributed by atoms with E-state index in [1.165, 1.54) is 5.56 Å². The quantitative estimate of drug-likeness (QED) is 0.606. The minimum Gasteiger partial charge on any atom is -0.381 e. The molecule has 1 aromatic carbocycles. The van der Waals surface area contributed by atoms with Crippen molar-refractivity contribution in [2.75, 3.05) is 26.8 Å². The molecule has 0 spiro atoms. The fraction of sp³-hybridized carbons (Fsp3) is 0.611. The molecule has 1 aliphatic heterocycles. The molecule has 2 rings (SSSR count). The minimum atomic E-state index is 0.103. The first kappa shape index (κ1) is 18.3. The van der Waals surface area contributed by atoms with E-state index < -0.39 is 0 Å². The molecule has 0 aliphatic carbocycles. The number of rotatable bonds is 5. The monoisotopic (exact) mass is 381 g/mol. The second-order valence-electron chi connectivity index (χ2n) is 6.28. The van der Waals surface area contributed by atoms with Crippen LogP contribution in [0.5, 0.6) is 0 Å². The lowest BCUT2D eigenvalue weighted by Gasteiger charge is -2.38. The zero-order chi connectivity index (χ0) is 16.7. The van der Waals surface area contributed by atoms with Gasteiger partial charge in [-0.3, -0.25) is 4.99 Å². The van der Waals surface area contributed by atoms with Crippen molar-refractivity contribution in [2.45, 2.75) is 44.6 Å². The molecule has 1 unspecified atom stereocenters. The highest BCUT2D eigenvalue weighted by atomic mass is 79.9. The Kier molecular flexibility index (Phi) is 6.90. The van der Waals surface area contributed by atoms with E-state index in [-0.39, 0.29) is 5.41 Å². The van der Waals surface area contributed by atoms with E-state index >= 15 is 0 Å². The van der Waals surface area contributed by atoms with Crippen LogP contribution >= 0.6 is 15.9 Å². The standard InChI is InChI=1S/C18H28BrN3O/c1-4-14(2)22-17(20-3)21-13-18(9-11-23-12-10-18)15-5-7-16(19)8-6-15/h5-8,14H,4,9-13H2,1-3H3,(H2,20,21,22). The average Bonchev–Trinajstić information content (AvgIpc) is 2.59. The van der Waals surface area contributed by atoms with Gasteiger partial charge in [0.2, 0.25) is 0 Å². The van der Waals surface area contributed by atoms with Crippen molar-refractivity contribution >= 4 is 21.9 Å². The Morgan fingerprint density at radius 3 is 2.52 bits per heavy atom. The van der Waals surface area contributed by atoms with E-state index in [9.17, 15) is 0 Å². The largest absolute Gasteiger partial charge is 0.381 e. The molecule has 1 saturated heterocycles. The van der Waals surface area contributed by atoms with Gasteiger partial charge in [-0.2, -0.15) is 0 Å². The van der Waals surface area contributed by atoms with E-state index in [4.69, 9.17) is 4.74 Å². The van der Waals surface area contributed by atoms with Crippen molar-refractivity contribution in [2.24, 2.45) is 4.99 Å². The van der Waals surface area contributed by atoms with Gasteiger partial charge in [0.15, 0.2) is 5.96 Å². The van der Waals surface area contributed by atoms with Crippen LogP contribution in [0, 0.1) is 0 Å². The first-order chi connectivity index (χ1) is 11.1. The molecule has 1 aliphatic rings. The van der Waals surface area contributed by atoms with Crippen LogP contribution < -0.4 is 10.6 Å². The van der Waals surface area contributed by atoms with E-state index in [1.54, 1.807) is 0 Å². The first-order valence-corrected chi connectivity index (χ1v) is 9.20. The zero-order valence-corrected chi connectivity index (χ0v) is 15.9. The number of benzene rings is 1. The Hall–Kier alpha value is -1.07. The molecule has 1 aromatic rings. The molecular weight excluding hydrogens is 354 g/mol. The summed E-state index contributed by atoms with van der Waals surface area (Å²) in [6, 6.07) is 9.11. The van der Waals surface area contributed by atoms with Gasteiger partial charge < -0.3 is 15.4 Å². The average molecular weight is 382 g/mol. The molecule has 1 heterocycles. The van der Waals surface area contributed by atoms with Crippen LogP contribution in [-0.2, 0) is 10.2 Å². The third kappa shape index (κ3) is 4.95. The van der Waals surface area contributed by atoms with Gasteiger partial charge in [0.05, 0.1) is 0 Å². The molecule has 23 heavy (non-hydrogen) atoms. The van der Waals surface area contributed by atoms with Crippen LogP contribution in [-0.4, -0.2) is 38.8 Å². The maximum atomic E-state index is 5.60. The summed E-state index contributed by atoms with van der Waals surface area (Å²) in [4.78, 5) is 4.35. The molecule has 1 fully saturated rings. The fourth-order valence-electron chi connectivity index (χ4n) is 2.92. The van der Waals surface area contributed by atoms with Gasteiger partial charge in [-0.15, -0.1) is 0 Å². The summed E-state index contributed by atoms with van der Waals surface area (Å²) >= 11 is 3.53. The SMILES string of the molecule is CCC(C)NC(=NC)NCC1(c2ccc(Br)cc2)CCOCC1. The topological polar surface area (TPSA) is 45.7 Å². The van der Waals surface area contributed by atoms with E-state index in [1.807, 2.05) is 7.05 Å². The van der Waals surface area contributed by atoms with Gasteiger partial charge in [0, 0.05) is 42.7 Å². The number of aliphatic imine (C=N–C) groups is 1. The van der Waals surface area contributed by atoms with Crippen molar-refractivity contribution in [3.8, 4) is 0 Å². The highest BCUT2D eigenvalue weighted by molar-refractivity contribution is 9.10. The molecule has 0 radical (unpaired) electrons. The summed E-state index contributed by atoms with van der Waals surface area (Å²) in [6.07, 6.45) is 3.14. The molecule has 128 valence electrons. The van der Waals surface area contributed by atoms with Crippen LogP contribution in [0.15, 0.2) is 33.7 Å². The van der Waals surface area contributed by atoms with Crippen LogP contribution in [0.1, 0.15) is 38.7 Å². The lowest BCUT2D eigenvalue weighted by atomic mass is 9.74. The Labute approximate surface area is 148 Å². The number of guanidine groups is 1. The molecule has 2 N–H and O–H groups in total. The van der Waals surface area contributed by atoms with Crippen molar-refractivity contribution in [3.63, 3.8) is 0 Å². The van der Waals surface area contributed by atoms with Gasteiger partial charge in [-0.05, 0) is 43.9 Å². The molecule has 0 saturated carbocycles. The number of nitrogens with zero attached hydrogens (tertiary/aromatic N) is 1. The van der Waals surface area contributed by atoms with Crippen LogP contribution in [0.25, 0.3) is 0 Å². The molecular formula is C18H28BrN3O. The highest BCUT2D eigenvalue weighted by Crippen LogP contribution is 2.34. The summed E-state index contributed by atoms with van der Waals surface area (Å²) in [5, 5.41) is 6.96.